The maximum absolute atomic E-state index is 14.0. The Kier molecular flexibility index (Phi) is 11.2. The molecule has 0 aromatic heterocycles. The molecule has 0 spiro atoms. The zero-order chi connectivity index (χ0) is 30.8. The Labute approximate surface area is 253 Å². The van der Waals surface area contributed by atoms with Crippen LogP contribution in [0.3, 0.4) is 0 Å². The van der Waals surface area contributed by atoms with Crippen LogP contribution in [0.5, 0.6) is 5.75 Å². The number of rotatable bonds is 14. The summed E-state index contributed by atoms with van der Waals surface area (Å²) in [6.07, 6.45) is 5.59. The van der Waals surface area contributed by atoms with Crippen LogP contribution in [0, 0.1) is 5.82 Å². The van der Waals surface area contributed by atoms with Gasteiger partial charge in [0.15, 0.2) is 0 Å². The molecular weight excluding hydrogens is 569 g/mol. The number of nitrogens with zero attached hydrogens (tertiary/aromatic N) is 2. The third kappa shape index (κ3) is 9.28. The largest absolute Gasteiger partial charge is 0.497 e. The number of amides is 2. The summed E-state index contributed by atoms with van der Waals surface area (Å²) in [7, 11) is -2.11. The van der Waals surface area contributed by atoms with E-state index in [4.69, 9.17) is 4.74 Å². The molecule has 1 N–H and O–H groups in total. The predicted octanol–water partition coefficient (Wildman–Crippen LogP) is 5.08. The molecule has 10 heteroatoms. The average Bonchev–Trinajstić information content (AvgIpc) is 3.50. The lowest BCUT2D eigenvalue weighted by Gasteiger charge is -2.33. The van der Waals surface area contributed by atoms with Gasteiger partial charge in [0.2, 0.25) is 21.8 Å². The topological polar surface area (TPSA) is 96.0 Å². The molecule has 1 fully saturated rings. The van der Waals surface area contributed by atoms with Crippen LogP contribution < -0.4 is 14.4 Å². The van der Waals surface area contributed by atoms with Gasteiger partial charge in [-0.25, -0.2) is 12.8 Å². The van der Waals surface area contributed by atoms with Crippen LogP contribution >= 0.6 is 0 Å². The maximum atomic E-state index is 14.0. The molecule has 4 rings (SSSR count). The fourth-order valence-electron chi connectivity index (χ4n) is 5.50. The Morgan fingerprint density at radius 3 is 2.30 bits per heavy atom. The third-order valence-electron chi connectivity index (χ3n) is 7.73. The Morgan fingerprint density at radius 1 is 0.977 bits per heavy atom. The molecule has 1 aliphatic rings. The number of halogens is 1. The van der Waals surface area contributed by atoms with Gasteiger partial charge in [0.05, 0.1) is 19.1 Å². The van der Waals surface area contributed by atoms with Crippen molar-refractivity contribution >= 4 is 27.5 Å². The Hall–Kier alpha value is -3.92. The Balaban J connectivity index is 1.59. The minimum Gasteiger partial charge on any atom is -0.497 e. The van der Waals surface area contributed by atoms with Gasteiger partial charge in [-0.15, -0.1) is 0 Å². The standard InChI is InChI=1S/C33H40FN3O5S/c1-42-30-15-8-12-26(22-30)24-36(31(23-25-10-4-3-5-11-25)33(39)35-28-13-6-7-14-28)32(38)16-9-21-37(43(2,40)41)29-19-17-27(34)18-20-29/h3-5,8,10-12,15,17-20,22,28,31H,6-7,9,13-14,16,21,23-24H2,1-2H3,(H,35,39)/t31-/m0/s1. The number of ether oxygens (including phenoxy) is 1. The second-order valence-electron chi connectivity index (χ2n) is 11.0. The second-order valence-corrected chi connectivity index (χ2v) is 12.9. The summed E-state index contributed by atoms with van der Waals surface area (Å²) < 4.78 is 45.2. The zero-order valence-corrected chi connectivity index (χ0v) is 25.6. The van der Waals surface area contributed by atoms with E-state index in [1.807, 2.05) is 54.6 Å². The summed E-state index contributed by atoms with van der Waals surface area (Å²) in [6.45, 7) is 0.209. The van der Waals surface area contributed by atoms with Gasteiger partial charge in [-0.3, -0.25) is 13.9 Å². The van der Waals surface area contributed by atoms with E-state index in [-0.39, 0.29) is 43.8 Å². The fourth-order valence-corrected chi connectivity index (χ4v) is 6.47. The van der Waals surface area contributed by atoms with E-state index >= 15 is 0 Å². The number of benzene rings is 3. The van der Waals surface area contributed by atoms with Crippen molar-refractivity contribution in [3.8, 4) is 5.75 Å². The lowest BCUT2D eigenvalue weighted by molar-refractivity contribution is -0.141. The summed E-state index contributed by atoms with van der Waals surface area (Å²) in [5, 5.41) is 3.19. The molecule has 0 saturated heterocycles. The van der Waals surface area contributed by atoms with E-state index in [9.17, 15) is 22.4 Å². The summed E-state index contributed by atoms with van der Waals surface area (Å²) in [5.41, 5.74) is 2.06. The number of carbonyl (C=O) groups is 2. The van der Waals surface area contributed by atoms with Crippen molar-refractivity contribution in [1.29, 1.82) is 0 Å². The highest BCUT2D eigenvalue weighted by Crippen LogP contribution is 2.23. The molecule has 1 saturated carbocycles. The normalized spacial score (nSPS) is 14.2. The number of nitrogens with one attached hydrogen (secondary N) is 1. The molecule has 230 valence electrons. The van der Waals surface area contributed by atoms with Crippen LogP contribution in [0.1, 0.15) is 49.7 Å². The summed E-state index contributed by atoms with van der Waals surface area (Å²) >= 11 is 0. The quantitative estimate of drug-likeness (QED) is 0.275. The molecule has 0 bridgehead atoms. The van der Waals surface area contributed by atoms with Crippen LogP contribution in [0.25, 0.3) is 0 Å². The van der Waals surface area contributed by atoms with Crippen molar-refractivity contribution in [2.24, 2.45) is 0 Å². The molecule has 3 aromatic carbocycles. The molecule has 8 nitrogen and oxygen atoms in total. The first-order chi connectivity index (χ1) is 20.6. The molecule has 2 amide bonds. The maximum Gasteiger partial charge on any atom is 0.243 e. The molecule has 43 heavy (non-hydrogen) atoms. The predicted molar refractivity (Wildman–Crippen MR) is 166 cm³/mol. The Bertz CT molecular complexity index is 1460. The SMILES string of the molecule is COc1cccc(CN(C(=O)CCCN(c2ccc(F)cc2)S(C)(=O)=O)[C@@H](Cc2ccccc2)C(=O)NC2CCCC2)c1. The smallest absolute Gasteiger partial charge is 0.243 e. The molecule has 3 aromatic rings. The van der Waals surface area contributed by atoms with E-state index in [1.54, 1.807) is 12.0 Å². The highest BCUT2D eigenvalue weighted by Gasteiger charge is 2.32. The van der Waals surface area contributed by atoms with Gasteiger partial charge in [0.25, 0.3) is 0 Å². The van der Waals surface area contributed by atoms with Gasteiger partial charge in [-0.1, -0.05) is 55.3 Å². The van der Waals surface area contributed by atoms with Crippen molar-refractivity contribution in [3.05, 3.63) is 95.8 Å². The first-order valence-electron chi connectivity index (χ1n) is 14.6. The lowest BCUT2D eigenvalue weighted by Crippen LogP contribution is -2.52. The van der Waals surface area contributed by atoms with Crippen molar-refractivity contribution in [2.45, 2.75) is 63.6 Å². The van der Waals surface area contributed by atoms with E-state index < -0.39 is 21.9 Å². The number of sulfonamides is 1. The monoisotopic (exact) mass is 609 g/mol. The van der Waals surface area contributed by atoms with Crippen LogP contribution in [-0.4, -0.2) is 57.1 Å². The zero-order valence-electron chi connectivity index (χ0n) is 24.7. The van der Waals surface area contributed by atoms with Gasteiger partial charge in [-0.2, -0.15) is 0 Å². The molecule has 1 aliphatic carbocycles. The van der Waals surface area contributed by atoms with E-state index in [1.165, 1.54) is 28.6 Å². The lowest BCUT2D eigenvalue weighted by atomic mass is 10.0. The molecule has 0 heterocycles. The summed E-state index contributed by atoms with van der Waals surface area (Å²) in [6, 6.07) is 21.5. The third-order valence-corrected chi connectivity index (χ3v) is 8.92. The molecule has 0 radical (unpaired) electrons. The van der Waals surface area contributed by atoms with Crippen LogP contribution in [-0.2, 0) is 32.6 Å². The van der Waals surface area contributed by atoms with Crippen molar-refractivity contribution in [2.75, 3.05) is 24.2 Å². The van der Waals surface area contributed by atoms with Gasteiger partial charge in [0.1, 0.15) is 17.6 Å². The minimum absolute atomic E-state index is 0.0131. The van der Waals surface area contributed by atoms with Crippen LogP contribution in [0.15, 0.2) is 78.9 Å². The molecule has 1 atom stereocenters. The second kappa shape index (κ2) is 15.0. The van der Waals surface area contributed by atoms with Gasteiger partial charge >= 0.3 is 0 Å². The number of carbonyl (C=O) groups excluding carboxylic acids is 2. The van der Waals surface area contributed by atoms with Crippen molar-refractivity contribution in [3.63, 3.8) is 0 Å². The number of methoxy groups -OCH3 is 1. The van der Waals surface area contributed by atoms with E-state index in [2.05, 4.69) is 5.32 Å². The minimum atomic E-state index is -3.68. The fraction of sp³-hybridized carbons (Fsp3) is 0.394. The van der Waals surface area contributed by atoms with Gasteiger partial charge in [-0.05, 0) is 66.8 Å². The summed E-state index contributed by atoms with van der Waals surface area (Å²) in [4.78, 5) is 29.4. The Morgan fingerprint density at radius 2 is 1.65 bits per heavy atom. The average molecular weight is 610 g/mol. The first-order valence-corrected chi connectivity index (χ1v) is 16.5. The van der Waals surface area contributed by atoms with E-state index in [0.717, 1.165) is 43.1 Å². The number of anilines is 1. The first kappa shape index (κ1) is 32.0. The highest BCUT2D eigenvalue weighted by atomic mass is 32.2. The number of hydrogen-bond acceptors (Lipinski definition) is 5. The number of hydrogen-bond donors (Lipinski definition) is 1. The highest BCUT2D eigenvalue weighted by molar-refractivity contribution is 7.92. The van der Waals surface area contributed by atoms with E-state index in [0.29, 0.717) is 17.9 Å². The van der Waals surface area contributed by atoms with Gasteiger partial charge in [0, 0.05) is 32.0 Å². The molecular formula is C33H40FN3O5S. The molecule has 0 aliphatic heterocycles. The van der Waals surface area contributed by atoms with Crippen LogP contribution in [0.2, 0.25) is 0 Å². The van der Waals surface area contributed by atoms with Crippen molar-refractivity contribution in [1.82, 2.24) is 10.2 Å². The van der Waals surface area contributed by atoms with Crippen LogP contribution in [0.4, 0.5) is 10.1 Å². The van der Waals surface area contributed by atoms with Crippen molar-refractivity contribution < 1.29 is 27.1 Å². The summed E-state index contributed by atoms with van der Waals surface area (Å²) in [5.74, 6) is -0.294. The van der Waals surface area contributed by atoms with Gasteiger partial charge < -0.3 is 15.0 Å². The molecule has 0 unspecified atom stereocenters.